The van der Waals surface area contributed by atoms with Crippen LogP contribution in [0.1, 0.15) is 36.7 Å². The fraction of sp³-hybridized carbons (Fsp3) is 0.462. The first-order chi connectivity index (χ1) is 9.02. The Morgan fingerprint density at radius 3 is 2.84 bits per heavy atom. The summed E-state index contributed by atoms with van der Waals surface area (Å²) in [4.78, 5) is 25.8. The number of carbonyl (C=O) groups excluding carboxylic acids is 1. The summed E-state index contributed by atoms with van der Waals surface area (Å²) in [6, 6.07) is 3.59. The van der Waals surface area contributed by atoms with Gasteiger partial charge in [-0.25, -0.2) is 0 Å². The Morgan fingerprint density at radius 1 is 1.47 bits per heavy atom. The molecule has 6 heteroatoms. The van der Waals surface area contributed by atoms with Gasteiger partial charge in [-0.3, -0.25) is 14.6 Å². The van der Waals surface area contributed by atoms with Gasteiger partial charge in [0.05, 0.1) is 0 Å². The molecule has 104 valence electrons. The summed E-state index contributed by atoms with van der Waals surface area (Å²) < 4.78 is 0. The van der Waals surface area contributed by atoms with Gasteiger partial charge in [-0.05, 0) is 31.9 Å². The van der Waals surface area contributed by atoms with Crippen LogP contribution < -0.4 is 10.6 Å². The Bertz CT molecular complexity index is 449. The summed E-state index contributed by atoms with van der Waals surface area (Å²) >= 11 is 0. The van der Waals surface area contributed by atoms with Crippen LogP contribution in [0.25, 0.3) is 0 Å². The summed E-state index contributed by atoms with van der Waals surface area (Å²) in [6.45, 7) is 1.97. The van der Waals surface area contributed by atoms with Gasteiger partial charge in [0.1, 0.15) is 5.69 Å². The number of nitrogens with one attached hydrogen (secondary N) is 2. The highest BCUT2D eigenvalue weighted by Crippen LogP contribution is 2.12. The number of carboxylic acid groups (broad SMARTS) is 1. The van der Waals surface area contributed by atoms with Crippen LogP contribution in [0.2, 0.25) is 0 Å². The largest absolute Gasteiger partial charge is 0.481 e. The maximum atomic E-state index is 11.4. The SMILES string of the molecule is CNC(=O)c1cc(NC(C)CCCC(=O)O)ccn1. The van der Waals surface area contributed by atoms with Crippen LogP contribution in [-0.4, -0.2) is 35.1 Å². The maximum absolute atomic E-state index is 11.4. The zero-order valence-corrected chi connectivity index (χ0v) is 11.1. The van der Waals surface area contributed by atoms with Crippen LogP contribution in [0.3, 0.4) is 0 Å². The van der Waals surface area contributed by atoms with Crippen LogP contribution in [0.15, 0.2) is 18.3 Å². The molecule has 0 radical (unpaired) electrons. The maximum Gasteiger partial charge on any atom is 0.303 e. The molecule has 0 saturated heterocycles. The molecule has 0 aliphatic carbocycles. The third kappa shape index (κ3) is 5.37. The molecule has 1 rings (SSSR count). The molecular weight excluding hydrogens is 246 g/mol. The number of hydrogen-bond acceptors (Lipinski definition) is 4. The molecule has 1 amide bonds. The number of aliphatic carboxylic acids is 1. The number of carboxylic acids is 1. The second kappa shape index (κ2) is 7.35. The molecule has 19 heavy (non-hydrogen) atoms. The zero-order valence-electron chi connectivity index (χ0n) is 11.1. The second-order valence-corrected chi connectivity index (χ2v) is 4.34. The standard InChI is InChI=1S/C13H19N3O3/c1-9(4-3-5-12(17)18)16-10-6-7-15-11(8-10)13(19)14-2/h6-9H,3-5H2,1-2H3,(H,14,19)(H,15,16)(H,17,18). The minimum atomic E-state index is -0.780. The van der Waals surface area contributed by atoms with Gasteiger partial charge in [0.2, 0.25) is 0 Å². The smallest absolute Gasteiger partial charge is 0.303 e. The number of anilines is 1. The fourth-order valence-corrected chi connectivity index (χ4v) is 1.69. The number of rotatable bonds is 7. The van der Waals surface area contributed by atoms with Crippen molar-refractivity contribution in [2.75, 3.05) is 12.4 Å². The average molecular weight is 265 g/mol. The molecule has 1 heterocycles. The van der Waals surface area contributed by atoms with E-state index in [0.717, 1.165) is 12.1 Å². The molecule has 0 saturated carbocycles. The number of pyridine rings is 1. The van der Waals surface area contributed by atoms with E-state index in [1.165, 1.54) is 0 Å². The molecule has 0 aromatic carbocycles. The molecule has 1 aromatic heterocycles. The summed E-state index contributed by atoms with van der Waals surface area (Å²) in [5.41, 5.74) is 1.15. The quantitative estimate of drug-likeness (QED) is 0.695. The molecule has 1 aromatic rings. The minimum absolute atomic E-state index is 0.138. The van der Waals surface area contributed by atoms with Gasteiger partial charge in [-0.1, -0.05) is 0 Å². The van der Waals surface area contributed by atoms with Crippen LogP contribution in [0, 0.1) is 0 Å². The van der Waals surface area contributed by atoms with Crippen molar-refractivity contribution in [1.82, 2.24) is 10.3 Å². The summed E-state index contributed by atoms with van der Waals surface area (Å²) in [7, 11) is 1.55. The van der Waals surface area contributed by atoms with E-state index in [4.69, 9.17) is 5.11 Å². The Labute approximate surface area is 112 Å². The Kier molecular flexibility index (Phi) is 5.78. The van der Waals surface area contributed by atoms with Crippen LogP contribution in [0.5, 0.6) is 0 Å². The lowest BCUT2D eigenvalue weighted by Crippen LogP contribution is -2.20. The minimum Gasteiger partial charge on any atom is -0.481 e. The van der Waals surface area contributed by atoms with Gasteiger partial charge in [-0.15, -0.1) is 0 Å². The number of carbonyl (C=O) groups is 2. The highest BCUT2D eigenvalue weighted by atomic mass is 16.4. The topological polar surface area (TPSA) is 91.3 Å². The van der Waals surface area contributed by atoms with E-state index in [1.807, 2.05) is 6.92 Å². The van der Waals surface area contributed by atoms with Crippen LogP contribution in [-0.2, 0) is 4.79 Å². The van der Waals surface area contributed by atoms with Crippen molar-refractivity contribution < 1.29 is 14.7 Å². The Morgan fingerprint density at radius 2 is 2.21 bits per heavy atom. The fourth-order valence-electron chi connectivity index (χ4n) is 1.69. The molecule has 0 aliphatic heterocycles. The van der Waals surface area contributed by atoms with E-state index in [0.29, 0.717) is 12.1 Å². The molecule has 1 atom stereocenters. The third-order valence-corrected chi connectivity index (χ3v) is 2.66. The van der Waals surface area contributed by atoms with Crippen molar-refractivity contribution in [2.24, 2.45) is 0 Å². The number of hydrogen-bond donors (Lipinski definition) is 3. The summed E-state index contributed by atoms with van der Waals surface area (Å²) in [5, 5.41) is 14.3. The molecule has 3 N–H and O–H groups in total. The predicted octanol–water partition coefficient (Wildman–Crippen LogP) is 1.50. The molecule has 0 spiro atoms. The normalized spacial score (nSPS) is 11.7. The van der Waals surface area contributed by atoms with Gasteiger partial charge in [0.15, 0.2) is 0 Å². The van der Waals surface area contributed by atoms with Crippen molar-refractivity contribution in [2.45, 2.75) is 32.2 Å². The first-order valence-corrected chi connectivity index (χ1v) is 6.19. The van der Waals surface area contributed by atoms with Crippen molar-refractivity contribution >= 4 is 17.6 Å². The molecule has 0 bridgehead atoms. The van der Waals surface area contributed by atoms with E-state index in [1.54, 1.807) is 25.4 Å². The lowest BCUT2D eigenvalue weighted by atomic mass is 10.1. The lowest BCUT2D eigenvalue weighted by molar-refractivity contribution is -0.137. The number of nitrogens with zero attached hydrogens (tertiary/aromatic N) is 1. The monoisotopic (exact) mass is 265 g/mol. The number of amides is 1. The Hall–Kier alpha value is -2.11. The van der Waals surface area contributed by atoms with E-state index < -0.39 is 5.97 Å². The van der Waals surface area contributed by atoms with Gasteiger partial charge < -0.3 is 15.7 Å². The first-order valence-electron chi connectivity index (χ1n) is 6.19. The van der Waals surface area contributed by atoms with Crippen molar-refractivity contribution in [3.63, 3.8) is 0 Å². The van der Waals surface area contributed by atoms with E-state index in [9.17, 15) is 9.59 Å². The summed E-state index contributed by atoms with van der Waals surface area (Å²) in [5.74, 6) is -1.01. The van der Waals surface area contributed by atoms with Gasteiger partial charge in [0.25, 0.3) is 5.91 Å². The van der Waals surface area contributed by atoms with Crippen molar-refractivity contribution in [3.05, 3.63) is 24.0 Å². The molecule has 0 fully saturated rings. The third-order valence-electron chi connectivity index (χ3n) is 2.66. The van der Waals surface area contributed by atoms with Crippen LogP contribution >= 0.6 is 0 Å². The molecule has 0 aliphatic rings. The Balaban J connectivity index is 2.52. The van der Waals surface area contributed by atoms with E-state index >= 15 is 0 Å². The van der Waals surface area contributed by atoms with Gasteiger partial charge in [-0.2, -0.15) is 0 Å². The molecular formula is C13H19N3O3. The van der Waals surface area contributed by atoms with Gasteiger partial charge >= 0.3 is 5.97 Å². The highest BCUT2D eigenvalue weighted by molar-refractivity contribution is 5.92. The molecule has 1 unspecified atom stereocenters. The first kappa shape index (κ1) is 14.9. The summed E-state index contributed by atoms with van der Waals surface area (Å²) in [6.07, 6.45) is 3.11. The average Bonchev–Trinajstić information content (AvgIpc) is 2.37. The lowest BCUT2D eigenvalue weighted by Gasteiger charge is -2.15. The van der Waals surface area contributed by atoms with Gasteiger partial charge in [0, 0.05) is 31.4 Å². The van der Waals surface area contributed by atoms with Crippen molar-refractivity contribution in [1.29, 1.82) is 0 Å². The van der Waals surface area contributed by atoms with E-state index in [-0.39, 0.29) is 18.4 Å². The molecule has 6 nitrogen and oxygen atoms in total. The number of aromatic nitrogens is 1. The van der Waals surface area contributed by atoms with Crippen molar-refractivity contribution in [3.8, 4) is 0 Å². The van der Waals surface area contributed by atoms with E-state index in [2.05, 4.69) is 15.6 Å². The predicted molar refractivity (Wildman–Crippen MR) is 72.2 cm³/mol. The van der Waals surface area contributed by atoms with Crippen LogP contribution in [0.4, 0.5) is 5.69 Å². The highest BCUT2D eigenvalue weighted by Gasteiger charge is 2.08. The zero-order chi connectivity index (χ0) is 14.3. The second-order valence-electron chi connectivity index (χ2n) is 4.34.